The molecule has 13 heavy (non-hydrogen) atoms. The minimum Gasteiger partial charge on any atom is -0.250 e. The molecule has 1 saturated carbocycles. The first-order chi connectivity index (χ1) is 6.04. The Balaban J connectivity index is 2.20. The van der Waals surface area contributed by atoms with Gasteiger partial charge in [0.1, 0.15) is 0 Å². The second kappa shape index (κ2) is 2.93. The molecule has 0 radical (unpaired) electrons. The van der Waals surface area contributed by atoms with Gasteiger partial charge in [0.05, 0.1) is 16.0 Å². The fraction of sp³-hybridized carbons (Fsp3) is 0.571. The van der Waals surface area contributed by atoms with Gasteiger partial charge >= 0.3 is 0 Å². The minimum absolute atomic E-state index is 0.461. The van der Waals surface area contributed by atoms with Crippen LogP contribution in [0.25, 0.3) is 0 Å². The summed E-state index contributed by atoms with van der Waals surface area (Å²) in [5.74, 6) is 0. The quantitative estimate of drug-likeness (QED) is 0.753. The van der Waals surface area contributed by atoms with Crippen LogP contribution in [0.5, 0.6) is 0 Å². The summed E-state index contributed by atoms with van der Waals surface area (Å²) in [6.45, 7) is 0. The minimum atomic E-state index is -3.43. The molecular weight excluding hydrogens is 230 g/mol. The predicted octanol–water partition coefficient (Wildman–Crippen LogP) is 1.79. The van der Waals surface area contributed by atoms with E-state index in [9.17, 15) is 8.42 Å². The average Bonchev–Trinajstić information content (AvgIpc) is 2.59. The Morgan fingerprint density at radius 3 is 2.69 bits per heavy atom. The molecule has 1 aliphatic carbocycles. The van der Waals surface area contributed by atoms with E-state index in [0.29, 0.717) is 19.3 Å². The van der Waals surface area contributed by atoms with Crippen LogP contribution in [0.4, 0.5) is 0 Å². The maximum absolute atomic E-state index is 11.2. The highest BCUT2D eigenvalue weighted by molar-refractivity contribution is 8.15. The average molecular weight is 238 g/mol. The van der Waals surface area contributed by atoms with Crippen LogP contribution in [0.15, 0.2) is 10.9 Å². The fourth-order valence-electron chi connectivity index (χ4n) is 1.30. The van der Waals surface area contributed by atoms with E-state index in [0.717, 1.165) is 5.69 Å². The Morgan fingerprint density at radius 1 is 1.62 bits per heavy atom. The molecule has 0 amide bonds. The number of thiazole rings is 1. The van der Waals surface area contributed by atoms with Crippen molar-refractivity contribution in [2.75, 3.05) is 0 Å². The van der Waals surface area contributed by atoms with Crippen molar-refractivity contribution in [1.29, 1.82) is 0 Å². The zero-order chi connectivity index (χ0) is 9.53. The molecular formula is C7H8ClNO2S2. The third-order valence-corrected chi connectivity index (χ3v) is 5.52. The van der Waals surface area contributed by atoms with Gasteiger partial charge in [-0.05, 0) is 12.8 Å². The molecule has 0 aliphatic heterocycles. The van der Waals surface area contributed by atoms with Crippen molar-refractivity contribution in [2.45, 2.75) is 24.0 Å². The molecule has 1 heterocycles. The number of halogens is 1. The predicted molar refractivity (Wildman–Crippen MR) is 52.6 cm³/mol. The van der Waals surface area contributed by atoms with Crippen LogP contribution in [0.3, 0.4) is 0 Å². The maximum atomic E-state index is 11.2. The normalized spacial score (nSPS) is 20.1. The molecule has 6 heteroatoms. The van der Waals surface area contributed by atoms with Gasteiger partial charge in [-0.1, -0.05) is 0 Å². The van der Waals surface area contributed by atoms with E-state index in [2.05, 4.69) is 4.98 Å². The molecule has 1 aromatic heterocycles. The third-order valence-electron chi connectivity index (χ3n) is 2.31. The van der Waals surface area contributed by atoms with E-state index in [1.54, 1.807) is 5.51 Å². The van der Waals surface area contributed by atoms with Gasteiger partial charge in [-0.2, -0.15) is 0 Å². The van der Waals surface area contributed by atoms with E-state index in [4.69, 9.17) is 10.7 Å². The van der Waals surface area contributed by atoms with Gasteiger partial charge in [0, 0.05) is 22.5 Å². The van der Waals surface area contributed by atoms with E-state index in [-0.39, 0.29) is 0 Å². The van der Waals surface area contributed by atoms with Crippen LogP contribution in [0.1, 0.15) is 18.5 Å². The maximum Gasteiger partial charge on any atom is 0.238 e. The largest absolute Gasteiger partial charge is 0.250 e. The second-order valence-corrected chi connectivity index (χ2v) is 6.96. The van der Waals surface area contributed by atoms with E-state index in [1.807, 2.05) is 5.38 Å². The molecule has 0 N–H and O–H groups in total. The third kappa shape index (κ3) is 1.73. The lowest BCUT2D eigenvalue weighted by atomic mass is 10.2. The Hall–Kier alpha value is -0.130. The summed E-state index contributed by atoms with van der Waals surface area (Å²) < 4.78 is 21.7. The van der Waals surface area contributed by atoms with Crippen molar-refractivity contribution in [3.8, 4) is 0 Å². The Labute approximate surface area is 85.2 Å². The topological polar surface area (TPSA) is 47.0 Å². The Morgan fingerprint density at radius 2 is 2.31 bits per heavy atom. The van der Waals surface area contributed by atoms with Crippen LogP contribution in [-0.4, -0.2) is 18.1 Å². The van der Waals surface area contributed by atoms with Gasteiger partial charge in [0.2, 0.25) is 9.05 Å². The van der Waals surface area contributed by atoms with E-state index < -0.39 is 13.8 Å². The highest BCUT2D eigenvalue weighted by Crippen LogP contribution is 2.47. The molecule has 0 aromatic carbocycles. The lowest BCUT2D eigenvalue weighted by Crippen LogP contribution is -2.20. The molecule has 2 rings (SSSR count). The number of nitrogens with zero attached hydrogens (tertiary/aromatic N) is 1. The standard InChI is InChI=1S/C7H8ClNO2S2/c8-13(10,11)7(1-2-7)3-6-4-12-5-9-6/h4-5H,1-3H2. The molecule has 72 valence electrons. The van der Waals surface area contributed by atoms with Gasteiger partial charge < -0.3 is 0 Å². The van der Waals surface area contributed by atoms with Gasteiger partial charge in [-0.15, -0.1) is 11.3 Å². The van der Waals surface area contributed by atoms with Gasteiger partial charge in [-0.25, -0.2) is 13.4 Å². The zero-order valence-corrected chi connectivity index (χ0v) is 9.12. The van der Waals surface area contributed by atoms with E-state index >= 15 is 0 Å². The van der Waals surface area contributed by atoms with Gasteiger partial charge in [0.25, 0.3) is 0 Å². The number of hydrogen-bond acceptors (Lipinski definition) is 4. The Bertz CT molecular complexity index is 394. The lowest BCUT2D eigenvalue weighted by molar-refractivity contribution is 0.589. The summed E-state index contributed by atoms with van der Waals surface area (Å²) in [4.78, 5) is 4.05. The highest BCUT2D eigenvalue weighted by atomic mass is 35.7. The van der Waals surface area contributed by atoms with Crippen LogP contribution >= 0.6 is 22.0 Å². The summed E-state index contributed by atoms with van der Waals surface area (Å²) in [7, 11) is 1.92. The first-order valence-corrected chi connectivity index (χ1v) is 7.10. The number of hydrogen-bond donors (Lipinski definition) is 0. The SMILES string of the molecule is O=S(=O)(Cl)C1(Cc2cscn2)CC1. The molecule has 1 fully saturated rings. The van der Waals surface area contributed by atoms with Crippen molar-refractivity contribution in [3.05, 3.63) is 16.6 Å². The lowest BCUT2D eigenvalue weighted by Gasteiger charge is -2.07. The fourth-order valence-corrected chi connectivity index (χ4v) is 3.40. The van der Waals surface area contributed by atoms with Crippen LogP contribution in [0, 0.1) is 0 Å². The van der Waals surface area contributed by atoms with Crippen LogP contribution in [0.2, 0.25) is 0 Å². The van der Waals surface area contributed by atoms with Crippen molar-refractivity contribution in [1.82, 2.24) is 4.98 Å². The van der Waals surface area contributed by atoms with Crippen molar-refractivity contribution in [2.24, 2.45) is 0 Å². The summed E-state index contributed by atoms with van der Waals surface area (Å²) in [5, 5.41) is 1.86. The first-order valence-electron chi connectivity index (χ1n) is 3.85. The van der Waals surface area contributed by atoms with Crippen LogP contribution < -0.4 is 0 Å². The molecule has 3 nitrogen and oxygen atoms in total. The number of aromatic nitrogens is 1. The first kappa shape index (κ1) is 9.43. The van der Waals surface area contributed by atoms with Crippen molar-refractivity contribution < 1.29 is 8.42 Å². The Kier molecular flexibility index (Phi) is 2.13. The molecule has 0 saturated heterocycles. The monoisotopic (exact) mass is 237 g/mol. The summed E-state index contributed by atoms with van der Waals surface area (Å²) in [6.07, 6.45) is 1.79. The molecule has 1 aliphatic rings. The molecule has 0 unspecified atom stereocenters. The van der Waals surface area contributed by atoms with E-state index in [1.165, 1.54) is 11.3 Å². The van der Waals surface area contributed by atoms with Crippen molar-refractivity contribution >= 4 is 31.1 Å². The van der Waals surface area contributed by atoms with Crippen molar-refractivity contribution in [3.63, 3.8) is 0 Å². The summed E-state index contributed by atoms with van der Waals surface area (Å²) in [5.41, 5.74) is 2.53. The smallest absolute Gasteiger partial charge is 0.238 e. The summed E-state index contributed by atoms with van der Waals surface area (Å²) in [6, 6.07) is 0. The highest BCUT2D eigenvalue weighted by Gasteiger charge is 2.53. The van der Waals surface area contributed by atoms with Crippen LogP contribution in [-0.2, 0) is 15.5 Å². The molecule has 0 atom stereocenters. The number of rotatable bonds is 3. The molecule has 0 spiro atoms. The second-order valence-electron chi connectivity index (χ2n) is 3.28. The molecule has 0 bridgehead atoms. The molecule has 1 aromatic rings. The van der Waals surface area contributed by atoms with Gasteiger partial charge in [-0.3, -0.25) is 0 Å². The van der Waals surface area contributed by atoms with Gasteiger partial charge in [0.15, 0.2) is 0 Å². The zero-order valence-electron chi connectivity index (χ0n) is 6.73. The summed E-state index contributed by atoms with van der Waals surface area (Å²) >= 11 is 1.47.